The summed E-state index contributed by atoms with van der Waals surface area (Å²) in [7, 11) is 0. The number of benzene rings is 1. The lowest BCUT2D eigenvalue weighted by Gasteiger charge is -2.55. The molecule has 4 aliphatic rings. The minimum Gasteiger partial charge on any atom is -0.332 e. The highest BCUT2D eigenvalue weighted by Gasteiger charge is 2.54. The molecule has 4 heteroatoms. The number of carbonyl (C=O) groups excluding carboxylic acids is 1. The van der Waals surface area contributed by atoms with E-state index in [1.165, 1.54) is 30.4 Å². The lowest BCUT2D eigenvalue weighted by molar-refractivity contribution is -0.144. The summed E-state index contributed by atoms with van der Waals surface area (Å²) in [4.78, 5) is 13.0. The van der Waals surface area contributed by atoms with E-state index in [1.54, 1.807) is 0 Å². The van der Waals surface area contributed by atoms with Gasteiger partial charge in [-0.3, -0.25) is 4.79 Å². The highest BCUT2D eigenvalue weighted by Crippen LogP contribution is 2.60. The lowest BCUT2D eigenvalue weighted by atomic mass is 9.49. The van der Waals surface area contributed by atoms with Gasteiger partial charge in [-0.25, -0.2) is 0 Å². The number of nitrogens with one attached hydrogen (secondary N) is 2. The zero-order valence-electron chi connectivity index (χ0n) is 14.5. The Bertz CT molecular complexity index is 662. The SMILES string of the molecule is Cc1ccc(NC(=S)NC(=O)C23CC4CC(CC(C4)C2)C3)cc1C. The highest BCUT2D eigenvalue weighted by molar-refractivity contribution is 7.80. The number of hydrogen-bond acceptors (Lipinski definition) is 2. The van der Waals surface area contributed by atoms with Crippen LogP contribution in [-0.2, 0) is 4.79 Å². The molecule has 0 saturated heterocycles. The molecule has 0 radical (unpaired) electrons. The van der Waals surface area contributed by atoms with Gasteiger partial charge in [-0.05, 0) is 106 Å². The van der Waals surface area contributed by atoms with Gasteiger partial charge in [-0.2, -0.15) is 0 Å². The van der Waals surface area contributed by atoms with Crippen LogP contribution in [0.25, 0.3) is 0 Å². The molecule has 0 aliphatic heterocycles. The molecule has 0 unspecified atom stereocenters. The summed E-state index contributed by atoms with van der Waals surface area (Å²) in [5.41, 5.74) is 3.26. The average Bonchev–Trinajstić information content (AvgIpc) is 2.49. The van der Waals surface area contributed by atoms with Crippen molar-refractivity contribution in [1.82, 2.24) is 5.32 Å². The van der Waals surface area contributed by atoms with Crippen LogP contribution in [0, 0.1) is 37.0 Å². The Balaban J connectivity index is 1.42. The van der Waals surface area contributed by atoms with Crippen molar-refractivity contribution < 1.29 is 4.79 Å². The molecule has 24 heavy (non-hydrogen) atoms. The molecule has 4 saturated carbocycles. The van der Waals surface area contributed by atoms with E-state index < -0.39 is 0 Å². The first-order chi connectivity index (χ1) is 11.4. The molecule has 1 aromatic carbocycles. The quantitative estimate of drug-likeness (QED) is 0.786. The number of thiocarbonyl (C=S) groups is 1. The predicted octanol–water partition coefficient (Wildman–Crippen LogP) is 4.33. The molecule has 4 bridgehead atoms. The second kappa shape index (κ2) is 5.83. The number of rotatable bonds is 2. The first-order valence-corrected chi connectivity index (χ1v) is 9.54. The fourth-order valence-electron chi connectivity index (χ4n) is 5.61. The normalized spacial score (nSPS) is 33.3. The van der Waals surface area contributed by atoms with Gasteiger partial charge in [0, 0.05) is 5.69 Å². The molecule has 5 rings (SSSR count). The van der Waals surface area contributed by atoms with Gasteiger partial charge in [0.15, 0.2) is 5.11 Å². The largest absolute Gasteiger partial charge is 0.332 e. The van der Waals surface area contributed by atoms with E-state index in [9.17, 15) is 4.79 Å². The third-order valence-electron chi connectivity index (χ3n) is 6.51. The van der Waals surface area contributed by atoms with Crippen molar-refractivity contribution in [3.05, 3.63) is 29.3 Å². The second-order valence-corrected chi connectivity index (χ2v) is 8.81. The Labute approximate surface area is 149 Å². The maximum Gasteiger partial charge on any atom is 0.232 e. The summed E-state index contributed by atoms with van der Waals surface area (Å²) in [5, 5.41) is 6.60. The smallest absolute Gasteiger partial charge is 0.232 e. The van der Waals surface area contributed by atoms with Crippen molar-refractivity contribution in [3.63, 3.8) is 0 Å². The molecule has 0 spiro atoms. The minimum absolute atomic E-state index is 0.149. The number of amides is 1. The van der Waals surface area contributed by atoms with Gasteiger partial charge in [0.1, 0.15) is 0 Å². The third-order valence-corrected chi connectivity index (χ3v) is 6.72. The Hall–Kier alpha value is -1.42. The van der Waals surface area contributed by atoms with Crippen molar-refractivity contribution in [3.8, 4) is 0 Å². The highest BCUT2D eigenvalue weighted by atomic mass is 32.1. The summed E-state index contributed by atoms with van der Waals surface area (Å²) >= 11 is 5.40. The molecule has 4 aliphatic carbocycles. The van der Waals surface area contributed by atoms with Gasteiger partial charge in [0.2, 0.25) is 5.91 Å². The molecule has 128 valence electrons. The Morgan fingerprint density at radius 3 is 2.17 bits per heavy atom. The van der Waals surface area contributed by atoms with E-state index in [2.05, 4.69) is 36.6 Å². The van der Waals surface area contributed by atoms with Crippen molar-refractivity contribution in [2.45, 2.75) is 52.4 Å². The van der Waals surface area contributed by atoms with Crippen LogP contribution in [0.3, 0.4) is 0 Å². The van der Waals surface area contributed by atoms with E-state index in [1.807, 2.05) is 6.07 Å². The van der Waals surface area contributed by atoms with E-state index in [0.29, 0.717) is 5.11 Å². The predicted molar refractivity (Wildman–Crippen MR) is 101 cm³/mol. The Morgan fingerprint density at radius 1 is 1.04 bits per heavy atom. The fraction of sp³-hybridized carbons (Fsp3) is 0.600. The van der Waals surface area contributed by atoms with Gasteiger partial charge >= 0.3 is 0 Å². The second-order valence-electron chi connectivity index (χ2n) is 8.41. The van der Waals surface area contributed by atoms with Gasteiger partial charge in [0.05, 0.1) is 5.41 Å². The first kappa shape index (κ1) is 16.1. The number of aryl methyl sites for hydroxylation is 2. The zero-order chi connectivity index (χ0) is 16.9. The van der Waals surface area contributed by atoms with Crippen molar-refractivity contribution >= 4 is 28.9 Å². The van der Waals surface area contributed by atoms with Crippen LogP contribution < -0.4 is 10.6 Å². The van der Waals surface area contributed by atoms with E-state index >= 15 is 0 Å². The molecule has 0 atom stereocenters. The monoisotopic (exact) mass is 342 g/mol. The van der Waals surface area contributed by atoms with E-state index in [-0.39, 0.29) is 11.3 Å². The fourth-order valence-corrected chi connectivity index (χ4v) is 5.82. The molecule has 0 aromatic heterocycles. The average molecular weight is 343 g/mol. The summed E-state index contributed by atoms with van der Waals surface area (Å²) in [6, 6.07) is 6.14. The lowest BCUT2D eigenvalue weighted by Crippen LogP contribution is -2.55. The van der Waals surface area contributed by atoms with Crippen LogP contribution in [0.1, 0.15) is 49.7 Å². The molecule has 2 N–H and O–H groups in total. The minimum atomic E-state index is -0.149. The Kier molecular flexibility index (Phi) is 3.91. The van der Waals surface area contributed by atoms with E-state index in [0.717, 1.165) is 42.7 Å². The topological polar surface area (TPSA) is 41.1 Å². The van der Waals surface area contributed by atoms with Crippen LogP contribution in [0.2, 0.25) is 0 Å². The van der Waals surface area contributed by atoms with Crippen LogP contribution >= 0.6 is 12.2 Å². The maximum absolute atomic E-state index is 13.0. The van der Waals surface area contributed by atoms with Gasteiger partial charge in [0.25, 0.3) is 0 Å². The van der Waals surface area contributed by atoms with Gasteiger partial charge in [-0.15, -0.1) is 0 Å². The Morgan fingerprint density at radius 2 is 1.62 bits per heavy atom. The van der Waals surface area contributed by atoms with Crippen LogP contribution in [0.5, 0.6) is 0 Å². The number of hydrogen-bond donors (Lipinski definition) is 2. The summed E-state index contributed by atoms with van der Waals surface area (Å²) in [5.74, 6) is 2.46. The number of carbonyl (C=O) groups is 1. The summed E-state index contributed by atoms with van der Waals surface area (Å²) < 4.78 is 0. The van der Waals surface area contributed by atoms with Crippen LogP contribution in [-0.4, -0.2) is 11.0 Å². The van der Waals surface area contributed by atoms with Gasteiger partial charge in [-0.1, -0.05) is 6.07 Å². The summed E-state index contributed by atoms with van der Waals surface area (Å²) in [6.45, 7) is 4.17. The van der Waals surface area contributed by atoms with Crippen molar-refractivity contribution in [1.29, 1.82) is 0 Å². The molecule has 1 amide bonds. The molecule has 1 aromatic rings. The summed E-state index contributed by atoms with van der Waals surface area (Å²) in [6.07, 6.45) is 7.23. The molecule has 0 heterocycles. The molecule has 3 nitrogen and oxygen atoms in total. The van der Waals surface area contributed by atoms with Crippen LogP contribution in [0.15, 0.2) is 18.2 Å². The van der Waals surface area contributed by atoms with Crippen LogP contribution in [0.4, 0.5) is 5.69 Å². The first-order valence-electron chi connectivity index (χ1n) is 9.13. The van der Waals surface area contributed by atoms with Gasteiger partial charge < -0.3 is 10.6 Å². The number of anilines is 1. The zero-order valence-corrected chi connectivity index (χ0v) is 15.3. The maximum atomic E-state index is 13.0. The van der Waals surface area contributed by atoms with Crippen molar-refractivity contribution in [2.24, 2.45) is 23.2 Å². The molecule has 4 fully saturated rings. The molecular weight excluding hydrogens is 316 g/mol. The van der Waals surface area contributed by atoms with E-state index in [4.69, 9.17) is 12.2 Å². The standard InChI is InChI=1S/C20H26N2OS/c1-12-3-4-17(5-13(12)2)21-19(24)22-18(23)20-9-14-6-15(10-20)8-16(7-14)11-20/h3-5,14-16H,6-11H2,1-2H3,(H2,21,22,23,24). The van der Waals surface area contributed by atoms with Crippen molar-refractivity contribution in [2.75, 3.05) is 5.32 Å². The molecular formula is C20H26N2OS. The third kappa shape index (κ3) is 2.85.